The summed E-state index contributed by atoms with van der Waals surface area (Å²) >= 11 is 0. The van der Waals surface area contributed by atoms with Crippen molar-refractivity contribution in [3.63, 3.8) is 0 Å². The highest BCUT2D eigenvalue weighted by molar-refractivity contribution is 5.68. The molecule has 1 aliphatic heterocycles. The van der Waals surface area contributed by atoms with Crippen molar-refractivity contribution >= 4 is 6.09 Å². The van der Waals surface area contributed by atoms with Crippen LogP contribution in [0.4, 0.5) is 4.79 Å². The van der Waals surface area contributed by atoms with E-state index in [0.29, 0.717) is 12.6 Å². The van der Waals surface area contributed by atoms with Gasteiger partial charge in [-0.3, -0.25) is 0 Å². The van der Waals surface area contributed by atoms with Crippen LogP contribution in [0.5, 0.6) is 0 Å². The number of unbranched alkanes of at least 4 members (excludes halogenated alkanes) is 3. The number of piperidine rings is 1. The molecule has 0 unspecified atom stereocenters. The van der Waals surface area contributed by atoms with E-state index in [9.17, 15) is 4.79 Å². The molecule has 1 amide bonds. The molecule has 0 saturated carbocycles. The number of nitrogens with zero attached hydrogens (tertiary/aromatic N) is 1. The molecule has 0 bridgehead atoms. The highest BCUT2D eigenvalue weighted by atomic mass is 16.6. The fourth-order valence-electron chi connectivity index (χ4n) is 2.65. The van der Waals surface area contributed by atoms with E-state index in [1.807, 2.05) is 4.90 Å². The van der Waals surface area contributed by atoms with E-state index in [0.717, 1.165) is 38.6 Å². The first-order valence-corrected chi connectivity index (χ1v) is 7.73. The second-order valence-electron chi connectivity index (χ2n) is 5.31. The van der Waals surface area contributed by atoms with Crippen LogP contribution >= 0.6 is 0 Å². The highest BCUT2D eigenvalue weighted by Crippen LogP contribution is 2.21. The lowest BCUT2D eigenvalue weighted by Gasteiger charge is -2.34. The first kappa shape index (κ1) is 15.3. The fourth-order valence-corrected chi connectivity index (χ4v) is 2.65. The highest BCUT2D eigenvalue weighted by Gasteiger charge is 2.26. The molecule has 18 heavy (non-hydrogen) atoms. The summed E-state index contributed by atoms with van der Waals surface area (Å²) in [7, 11) is 0. The maximum Gasteiger partial charge on any atom is 0.410 e. The van der Waals surface area contributed by atoms with E-state index in [-0.39, 0.29) is 6.09 Å². The Morgan fingerprint density at radius 3 is 2.72 bits per heavy atom. The number of likely N-dealkylation sites (tertiary alicyclic amines) is 1. The average Bonchev–Trinajstić information content (AvgIpc) is 2.39. The second kappa shape index (κ2) is 9.23. The van der Waals surface area contributed by atoms with E-state index < -0.39 is 0 Å². The maximum absolute atomic E-state index is 12.0. The van der Waals surface area contributed by atoms with Gasteiger partial charge in [-0.1, -0.05) is 39.5 Å². The van der Waals surface area contributed by atoms with Crippen LogP contribution in [0.25, 0.3) is 0 Å². The molecule has 1 fully saturated rings. The molecule has 0 aromatic heterocycles. The van der Waals surface area contributed by atoms with Crippen LogP contribution in [-0.2, 0) is 4.74 Å². The fraction of sp³-hybridized carbons (Fsp3) is 0.933. The van der Waals surface area contributed by atoms with Crippen LogP contribution in [0.2, 0.25) is 0 Å². The third kappa shape index (κ3) is 5.28. The lowest BCUT2D eigenvalue weighted by molar-refractivity contribution is 0.0696. The normalized spacial score (nSPS) is 19.9. The van der Waals surface area contributed by atoms with Gasteiger partial charge in [0.05, 0.1) is 6.61 Å². The predicted octanol–water partition coefficient (Wildman–Crippen LogP) is 4.36. The standard InChI is InChI=1S/C15H29NO2/c1-3-5-6-9-13-18-15(17)16-12-8-7-11-14(16)10-4-2/h14H,3-13H2,1-2H3/t14-/m0/s1. The van der Waals surface area contributed by atoms with Crippen molar-refractivity contribution < 1.29 is 9.53 Å². The summed E-state index contributed by atoms with van der Waals surface area (Å²) in [5.74, 6) is 0. The summed E-state index contributed by atoms with van der Waals surface area (Å²) in [6.45, 7) is 5.85. The molecular weight excluding hydrogens is 226 g/mol. The summed E-state index contributed by atoms with van der Waals surface area (Å²) in [4.78, 5) is 14.0. The molecule has 1 saturated heterocycles. The predicted molar refractivity (Wildman–Crippen MR) is 74.7 cm³/mol. The quantitative estimate of drug-likeness (QED) is 0.633. The molecule has 3 heteroatoms. The number of ether oxygens (including phenoxy) is 1. The van der Waals surface area contributed by atoms with Gasteiger partial charge in [0.25, 0.3) is 0 Å². The Kier molecular flexibility index (Phi) is 7.86. The third-order valence-electron chi connectivity index (χ3n) is 3.71. The number of hydrogen-bond donors (Lipinski definition) is 0. The molecule has 1 atom stereocenters. The Balaban J connectivity index is 2.25. The Bertz CT molecular complexity index is 229. The zero-order valence-electron chi connectivity index (χ0n) is 12.1. The van der Waals surface area contributed by atoms with Crippen LogP contribution in [-0.4, -0.2) is 30.2 Å². The molecular formula is C15H29NO2. The number of rotatable bonds is 7. The lowest BCUT2D eigenvalue weighted by Crippen LogP contribution is -2.44. The van der Waals surface area contributed by atoms with E-state index in [1.54, 1.807) is 0 Å². The smallest absolute Gasteiger partial charge is 0.410 e. The van der Waals surface area contributed by atoms with Crippen molar-refractivity contribution in [3.05, 3.63) is 0 Å². The SMILES string of the molecule is CCCCCCOC(=O)N1CCCC[C@@H]1CCC. The van der Waals surface area contributed by atoms with E-state index in [1.165, 1.54) is 25.7 Å². The Hall–Kier alpha value is -0.730. The molecule has 1 heterocycles. The monoisotopic (exact) mass is 255 g/mol. The third-order valence-corrected chi connectivity index (χ3v) is 3.71. The van der Waals surface area contributed by atoms with E-state index in [4.69, 9.17) is 4.74 Å². The summed E-state index contributed by atoms with van der Waals surface area (Å²) < 4.78 is 5.39. The van der Waals surface area contributed by atoms with Gasteiger partial charge in [-0.05, 0) is 32.1 Å². The van der Waals surface area contributed by atoms with Crippen molar-refractivity contribution in [2.24, 2.45) is 0 Å². The maximum atomic E-state index is 12.0. The molecule has 106 valence electrons. The van der Waals surface area contributed by atoms with Crippen LogP contribution in [0.15, 0.2) is 0 Å². The van der Waals surface area contributed by atoms with Gasteiger partial charge >= 0.3 is 6.09 Å². The number of amides is 1. The zero-order chi connectivity index (χ0) is 13.2. The molecule has 0 aromatic carbocycles. The van der Waals surface area contributed by atoms with Crippen LogP contribution in [0, 0.1) is 0 Å². The molecule has 0 N–H and O–H groups in total. The van der Waals surface area contributed by atoms with Gasteiger partial charge in [0.1, 0.15) is 0 Å². The first-order valence-electron chi connectivity index (χ1n) is 7.73. The summed E-state index contributed by atoms with van der Waals surface area (Å²) in [5, 5.41) is 0. The van der Waals surface area contributed by atoms with Gasteiger partial charge in [0.15, 0.2) is 0 Å². The van der Waals surface area contributed by atoms with Gasteiger partial charge in [-0.2, -0.15) is 0 Å². The lowest BCUT2D eigenvalue weighted by atomic mass is 9.99. The van der Waals surface area contributed by atoms with Crippen molar-refractivity contribution in [3.8, 4) is 0 Å². The molecule has 0 radical (unpaired) electrons. The summed E-state index contributed by atoms with van der Waals surface area (Å²) in [5.41, 5.74) is 0. The van der Waals surface area contributed by atoms with Crippen molar-refractivity contribution in [2.45, 2.75) is 77.7 Å². The van der Waals surface area contributed by atoms with Crippen molar-refractivity contribution in [1.82, 2.24) is 4.90 Å². The van der Waals surface area contributed by atoms with Gasteiger partial charge < -0.3 is 9.64 Å². The Morgan fingerprint density at radius 2 is 2.00 bits per heavy atom. The van der Waals surface area contributed by atoms with Crippen LogP contribution < -0.4 is 0 Å². The minimum Gasteiger partial charge on any atom is -0.449 e. The van der Waals surface area contributed by atoms with Gasteiger partial charge in [-0.15, -0.1) is 0 Å². The summed E-state index contributed by atoms with van der Waals surface area (Å²) in [6.07, 6.45) is 10.3. The topological polar surface area (TPSA) is 29.5 Å². The minimum atomic E-state index is -0.0790. The van der Waals surface area contributed by atoms with E-state index >= 15 is 0 Å². The largest absolute Gasteiger partial charge is 0.449 e. The Labute approximate surface area is 112 Å². The molecule has 0 spiro atoms. The van der Waals surface area contributed by atoms with E-state index in [2.05, 4.69) is 13.8 Å². The Morgan fingerprint density at radius 1 is 1.17 bits per heavy atom. The van der Waals surface area contributed by atoms with Crippen LogP contribution in [0.3, 0.4) is 0 Å². The summed E-state index contributed by atoms with van der Waals surface area (Å²) in [6, 6.07) is 0.423. The van der Waals surface area contributed by atoms with Gasteiger partial charge in [-0.25, -0.2) is 4.79 Å². The molecule has 1 rings (SSSR count). The second-order valence-corrected chi connectivity index (χ2v) is 5.31. The number of carbonyl (C=O) groups is 1. The number of carbonyl (C=O) groups excluding carboxylic acids is 1. The minimum absolute atomic E-state index is 0.0790. The molecule has 0 aromatic rings. The average molecular weight is 255 g/mol. The van der Waals surface area contributed by atoms with Gasteiger partial charge in [0.2, 0.25) is 0 Å². The first-order chi connectivity index (χ1) is 8.79. The zero-order valence-corrected chi connectivity index (χ0v) is 12.1. The molecule has 1 aliphatic rings. The molecule has 3 nitrogen and oxygen atoms in total. The van der Waals surface area contributed by atoms with Gasteiger partial charge in [0, 0.05) is 12.6 Å². The van der Waals surface area contributed by atoms with Crippen molar-refractivity contribution in [1.29, 1.82) is 0 Å². The van der Waals surface area contributed by atoms with Crippen molar-refractivity contribution in [2.75, 3.05) is 13.2 Å². The molecule has 0 aliphatic carbocycles. The van der Waals surface area contributed by atoms with Crippen LogP contribution in [0.1, 0.15) is 71.6 Å². The number of hydrogen-bond acceptors (Lipinski definition) is 2.